The molecule has 54 heavy (non-hydrogen) atoms. The van der Waals surface area contributed by atoms with Crippen LogP contribution in [0.4, 0.5) is 30.7 Å². The number of carbonyl (C=O) groups excluding carboxylic acids is 1. The average Bonchev–Trinajstić information content (AvgIpc) is 3.76. The number of hydrogen-bond acceptors (Lipinski definition) is 9. The fourth-order valence-electron chi connectivity index (χ4n) is 5.88. The quantitative estimate of drug-likeness (QED) is 0.138. The molecule has 4 heterocycles. The minimum atomic E-state index is -4.57. The molecule has 1 aliphatic heterocycles. The Kier molecular flexibility index (Phi) is 9.70. The van der Waals surface area contributed by atoms with Crippen LogP contribution in [-0.2, 0) is 19.8 Å². The number of halogens is 7. The Hall–Kier alpha value is -6.04. The Labute approximate surface area is 301 Å². The molecule has 1 saturated heterocycles. The number of fused-ring (bicyclic) bond motifs is 1. The van der Waals surface area contributed by atoms with Gasteiger partial charge in [-0.15, -0.1) is 0 Å². The maximum Gasteiger partial charge on any atom is 0.422 e. The van der Waals surface area contributed by atoms with Gasteiger partial charge in [0, 0.05) is 56.8 Å². The van der Waals surface area contributed by atoms with Gasteiger partial charge in [0.1, 0.15) is 17.1 Å². The van der Waals surface area contributed by atoms with Gasteiger partial charge in [-0.2, -0.15) is 31.3 Å². The molecule has 0 N–H and O–H groups in total. The van der Waals surface area contributed by atoms with E-state index in [1.807, 2.05) is 4.90 Å². The van der Waals surface area contributed by atoms with Crippen LogP contribution < -0.4 is 9.47 Å². The number of rotatable bonds is 9. The van der Waals surface area contributed by atoms with Crippen molar-refractivity contribution in [2.45, 2.75) is 18.9 Å². The highest BCUT2D eigenvalue weighted by Crippen LogP contribution is 2.32. The maximum absolute atomic E-state index is 14.3. The number of ether oxygens (including phenoxy) is 2. The second kappa shape index (κ2) is 14.4. The Balaban J connectivity index is 0.950. The summed E-state index contributed by atoms with van der Waals surface area (Å²) < 4.78 is 108. The zero-order valence-electron chi connectivity index (χ0n) is 28.2. The van der Waals surface area contributed by atoms with Crippen LogP contribution in [0.2, 0.25) is 0 Å². The molecule has 0 atom stereocenters. The van der Waals surface area contributed by atoms with Crippen LogP contribution in [0.3, 0.4) is 0 Å². The van der Waals surface area contributed by atoms with Crippen molar-refractivity contribution in [1.82, 2.24) is 34.5 Å². The highest BCUT2D eigenvalue weighted by molar-refractivity contribution is 5.99. The van der Waals surface area contributed by atoms with Gasteiger partial charge in [-0.05, 0) is 48.0 Å². The van der Waals surface area contributed by atoms with Crippen LogP contribution in [0.5, 0.6) is 17.4 Å². The number of amides is 1. The summed E-state index contributed by atoms with van der Waals surface area (Å²) in [4.78, 5) is 30.0. The molecule has 0 unspecified atom stereocenters. The normalized spacial score (nSPS) is 14.1. The molecule has 1 aliphatic rings. The smallest absolute Gasteiger partial charge is 0.422 e. The molecule has 0 radical (unpaired) electrons. The predicted octanol–water partition coefficient (Wildman–Crippen LogP) is 7.53. The summed E-state index contributed by atoms with van der Waals surface area (Å²) in [5.41, 5.74) is 1.51. The number of aryl methyl sites for hydroxylation is 1. The first-order chi connectivity index (χ1) is 25.7. The Morgan fingerprint density at radius 1 is 0.889 bits per heavy atom. The number of nitrogens with zero attached hydrogens (tertiary/aromatic N) is 7. The first-order valence-electron chi connectivity index (χ1n) is 16.3. The number of piperazine rings is 1. The van der Waals surface area contributed by atoms with E-state index < -0.39 is 36.1 Å². The molecule has 280 valence electrons. The molecule has 0 saturated carbocycles. The first kappa shape index (κ1) is 36.3. The molecule has 7 rings (SSSR count). The van der Waals surface area contributed by atoms with Gasteiger partial charge < -0.3 is 23.5 Å². The summed E-state index contributed by atoms with van der Waals surface area (Å²) in [5.74, 6) is -0.846. The lowest BCUT2D eigenvalue weighted by molar-refractivity contribution is -0.153. The van der Waals surface area contributed by atoms with Crippen molar-refractivity contribution in [2.24, 2.45) is 7.05 Å². The van der Waals surface area contributed by atoms with E-state index in [2.05, 4.69) is 24.8 Å². The zero-order valence-corrected chi connectivity index (χ0v) is 28.2. The first-order valence-corrected chi connectivity index (χ1v) is 16.3. The average molecular weight is 756 g/mol. The van der Waals surface area contributed by atoms with Gasteiger partial charge in [-0.25, -0.2) is 14.4 Å². The molecular weight excluding hydrogens is 727 g/mol. The van der Waals surface area contributed by atoms with Crippen molar-refractivity contribution in [1.29, 1.82) is 0 Å². The van der Waals surface area contributed by atoms with Gasteiger partial charge in [0.15, 0.2) is 18.2 Å². The van der Waals surface area contributed by atoms with E-state index in [-0.39, 0.29) is 29.2 Å². The SMILES string of the molecule is Cn1c(C(=O)N2CCN(Cc3ccc(OCC(F)(F)F)c(F)c3)CC2)cc2ccc(Oc3cnc(-c4nc(-c5ccc(C(F)(F)F)cc5)no4)cn3)cc21. The minimum absolute atomic E-state index is 0.00869. The van der Waals surface area contributed by atoms with Crippen LogP contribution in [0.25, 0.3) is 33.9 Å². The second-order valence-corrected chi connectivity index (χ2v) is 12.4. The Morgan fingerprint density at radius 2 is 1.65 bits per heavy atom. The highest BCUT2D eigenvalue weighted by Gasteiger charge is 2.31. The molecular formula is C36H28F7N7O4. The van der Waals surface area contributed by atoms with E-state index in [1.165, 1.54) is 36.7 Å². The maximum atomic E-state index is 14.3. The largest absolute Gasteiger partial charge is 0.481 e. The van der Waals surface area contributed by atoms with Crippen LogP contribution in [0.15, 0.2) is 83.6 Å². The standard InChI is InChI=1S/C36H28F7N7O4/c1-48-28-16-25(53-31-18-44-27(17-45-31)33-46-32(47-54-33)22-3-6-24(7-4-22)36(41,42)43)8-5-23(28)15-29(48)34(51)50-12-10-49(11-13-50)19-21-2-9-30(26(37)14-21)52-20-35(38,39)40/h2-9,14-18H,10-13,19-20H2,1H3. The lowest BCUT2D eigenvalue weighted by atomic mass is 10.1. The molecule has 11 nitrogen and oxygen atoms in total. The van der Waals surface area contributed by atoms with Crippen molar-refractivity contribution in [3.63, 3.8) is 0 Å². The summed E-state index contributed by atoms with van der Waals surface area (Å²) in [6.45, 7) is 0.621. The summed E-state index contributed by atoms with van der Waals surface area (Å²) in [7, 11) is 1.77. The molecule has 1 fully saturated rings. The van der Waals surface area contributed by atoms with Gasteiger partial charge in [0.05, 0.1) is 23.5 Å². The van der Waals surface area contributed by atoms with Crippen LogP contribution in [0.1, 0.15) is 21.6 Å². The van der Waals surface area contributed by atoms with Gasteiger partial charge in [0.25, 0.3) is 11.8 Å². The van der Waals surface area contributed by atoms with E-state index in [0.29, 0.717) is 55.3 Å². The fourth-order valence-corrected chi connectivity index (χ4v) is 5.88. The second-order valence-electron chi connectivity index (χ2n) is 12.4. The molecule has 0 spiro atoms. The van der Waals surface area contributed by atoms with Crippen molar-refractivity contribution in [2.75, 3.05) is 32.8 Å². The topological polar surface area (TPSA) is 112 Å². The predicted molar refractivity (Wildman–Crippen MR) is 178 cm³/mol. The van der Waals surface area contributed by atoms with E-state index in [1.54, 1.807) is 40.8 Å². The van der Waals surface area contributed by atoms with E-state index >= 15 is 0 Å². The summed E-state index contributed by atoms with van der Waals surface area (Å²) in [5, 5.41) is 4.63. The highest BCUT2D eigenvalue weighted by atomic mass is 19.4. The number of benzene rings is 3. The molecule has 3 aromatic carbocycles. The number of carbonyl (C=O) groups is 1. The number of alkyl halides is 6. The number of hydrogen-bond donors (Lipinski definition) is 0. The molecule has 3 aromatic heterocycles. The third kappa shape index (κ3) is 8.12. The van der Waals surface area contributed by atoms with Crippen molar-refractivity contribution in [3.05, 3.63) is 102 Å². The third-order valence-corrected chi connectivity index (χ3v) is 8.66. The van der Waals surface area contributed by atoms with E-state index in [0.717, 1.165) is 29.1 Å². The summed E-state index contributed by atoms with van der Waals surface area (Å²) >= 11 is 0. The van der Waals surface area contributed by atoms with Crippen LogP contribution >= 0.6 is 0 Å². The van der Waals surface area contributed by atoms with Crippen LogP contribution in [0, 0.1) is 5.82 Å². The molecule has 0 aliphatic carbocycles. The lowest BCUT2D eigenvalue weighted by Gasteiger charge is -2.34. The minimum Gasteiger partial charge on any atom is -0.481 e. The molecule has 18 heteroatoms. The monoisotopic (exact) mass is 755 g/mol. The number of aromatic nitrogens is 5. The van der Waals surface area contributed by atoms with Crippen molar-refractivity contribution >= 4 is 16.8 Å². The van der Waals surface area contributed by atoms with Gasteiger partial charge >= 0.3 is 12.4 Å². The summed E-state index contributed by atoms with van der Waals surface area (Å²) in [6, 6.07) is 15.3. The molecule has 6 aromatic rings. The fraction of sp³-hybridized carbons (Fsp3) is 0.250. The summed E-state index contributed by atoms with van der Waals surface area (Å²) in [6.07, 6.45) is -6.34. The molecule has 0 bridgehead atoms. The van der Waals surface area contributed by atoms with E-state index in [4.69, 9.17) is 9.26 Å². The van der Waals surface area contributed by atoms with E-state index in [9.17, 15) is 35.5 Å². The van der Waals surface area contributed by atoms with Crippen molar-refractivity contribution in [3.8, 4) is 40.4 Å². The zero-order chi connectivity index (χ0) is 38.2. The Morgan fingerprint density at radius 3 is 2.31 bits per heavy atom. The third-order valence-electron chi connectivity index (χ3n) is 8.66. The molecule has 1 amide bonds. The van der Waals surface area contributed by atoms with Gasteiger partial charge in [0.2, 0.25) is 11.7 Å². The van der Waals surface area contributed by atoms with Crippen LogP contribution in [-0.4, -0.2) is 79.3 Å². The van der Waals surface area contributed by atoms with Gasteiger partial charge in [-0.3, -0.25) is 9.69 Å². The Bertz CT molecular complexity index is 2280. The lowest BCUT2D eigenvalue weighted by Crippen LogP contribution is -2.48. The van der Waals surface area contributed by atoms with Gasteiger partial charge in [-0.1, -0.05) is 23.4 Å². The van der Waals surface area contributed by atoms with Crippen molar-refractivity contribution < 1.29 is 49.5 Å².